The quantitative estimate of drug-likeness (QED) is 0.456. The van der Waals surface area contributed by atoms with Gasteiger partial charge >= 0.3 is 0 Å². The van der Waals surface area contributed by atoms with E-state index in [1.54, 1.807) is 0 Å². The molecule has 1 rings (SSSR count). The summed E-state index contributed by atoms with van der Waals surface area (Å²) in [6.45, 7) is 3.11. The molecule has 0 saturated carbocycles. The van der Waals surface area contributed by atoms with Gasteiger partial charge in [0.05, 0.1) is 0 Å². The van der Waals surface area contributed by atoms with E-state index in [1.165, 1.54) is 0 Å². The van der Waals surface area contributed by atoms with Gasteiger partial charge in [-0.2, -0.15) is 0 Å². The second kappa shape index (κ2) is 3.03. The first-order chi connectivity index (χ1) is 4.20. The first kappa shape index (κ1) is 7.56. The van der Waals surface area contributed by atoms with Crippen LogP contribution in [-0.4, -0.2) is 33.9 Å². The van der Waals surface area contributed by atoms with Crippen LogP contribution in [0, 0.1) is 5.92 Å². The zero-order chi connectivity index (χ0) is 6.85. The number of hydrogen-bond donors (Lipinski definition) is 1. The van der Waals surface area contributed by atoms with Gasteiger partial charge in [0.25, 0.3) is 16.3 Å². The Kier molecular flexibility index (Phi) is 2.54. The predicted molar refractivity (Wildman–Crippen MR) is 40.0 cm³/mol. The van der Waals surface area contributed by atoms with Crippen LogP contribution in [0.1, 0.15) is 13.3 Å². The predicted octanol–water partition coefficient (Wildman–Crippen LogP) is -0.671. The van der Waals surface area contributed by atoms with E-state index < -0.39 is 0 Å². The standard InChI is InChI=1S/C6H12NO.Al.2H/c1-5-2-6(7)4-8-3-5;;;/h4-6H,2-3,7H2,1H3;;;/t5?,6-;;;/m0.../s1. The zero-order valence-electron chi connectivity index (χ0n) is 6.13. The lowest BCUT2D eigenvalue weighted by atomic mass is 10.0. The van der Waals surface area contributed by atoms with E-state index in [0.29, 0.717) is 16.9 Å². The van der Waals surface area contributed by atoms with Crippen LogP contribution in [0.4, 0.5) is 0 Å². The van der Waals surface area contributed by atoms with Gasteiger partial charge in [-0.15, -0.1) is 0 Å². The van der Waals surface area contributed by atoms with E-state index in [0.717, 1.165) is 29.3 Å². The van der Waals surface area contributed by atoms with E-state index in [1.807, 2.05) is 0 Å². The summed E-state index contributed by atoms with van der Waals surface area (Å²) >= 11 is 1.08. The van der Waals surface area contributed by atoms with Crippen LogP contribution >= 0.6 is 0 Å². The molecular weight excluding hydrogens is 129 g/mol. The Morgan fingerprint density at radius 1 is 1.67 bits per heavy atom. The van der Waals surface area contributed by atoms with Gasteiger partial charge < -0.3 is 10.5 Å². The third-order valence-corrected chi connectivity index (χ3v) is 3.11. The maximum absolute atomic E-state index is 5.78. The van der Waals surface area contributed by atoms with Crippen molar-refractivity contribution in [2.45, 2.75) is 24.4 Å². The maximum Gasteiger partial charge on any atom is 0.261 e. The van der Waals surface area contributed by atoms with Gasteiger partial charge in [0.2, 0.25) is 0 Å². The second-order valence-corrected chi connectivity index (χ2v) is 4.18. The fourth-order valence-corrected chi connectivity index (χ4v) is 1.63. The molecule has 3 heteroatoms. The molecule has 0 aromatic carbocycles. The highest BCUT2D eigenvalue weighted by Gasteiger charge is 2.21. The highest BCUT2D eigenvalue weighted by atomic mass is 27.0. The van der Waals surface area contributed by atoms with Crippen molar-refractivity contribution in [1.82, 2.24) is 0 Å². The number of rotatable bonds is 0. The zero-order valence-corrected chi connectivity index (χ0v) is 8.13. The molecule has 1 aliphatic heterocycles. The van der Waals surface area contributed by atoms with Crippen molar-refractivity contribution in [2.24, 2.45) is 11.7 Å². The Hall–Kier alpha value is 0.452. The highest BCUT2D eigenvalue weighted by molar-refractivity contribution is 6.11. The Balaban J connectivity index is 2.35. The summed E-state index contributed by atoms with van der Waals surface area (Å²) in [5.74, 6) is 0.671. The summed E-state index contributed by atoms with van der Waals surface area (Å²) < 4.78 is 5.44. The molecule has 0 aliphatic carbocycles. The summed E-state index contributed by atoms with van der Waals surface area (Å²) in [7, 11) is 0. The molecule has 1 unspecified atom stereocenters. The Labute approximate surface area is 64.2 Å². The summed E-state index contributed by atoms with van der Waals surface area (Å²) in [6.07, 6.45) is 1.15. The molecule has 2 N–H and O–H groups in total. The molecule has 0 aromatic heterocycles. The lowest BCUT2D eigenvalue weighted by molar-refractivity contribution is 0.0211. The van der Waals surface area contributed by atoms with Crippen molar-refractivity contribution in [3.05, 3.63) is 0 Å². The normalized spacial score (nSPS) is 44.9. The topological polar surface area (TPSA) is 35.2 Å². The van der Waals surface area contributed by atoms with Gasteiger partial charge in [-0.05, 0) is 12.3 Å². The number of hydrogen-bond acceptors (Lipinski definition) is 2. The maximum atomic E-state index is 5.78. The highest BCUT2D eigenvalue weighted by Crippen LogP contribution is 2.14. The monoisotopic (exact) mass is 143 g/mol. The molecule has 52 valence electrons. The van der Waals surface area contributed by atoms with Crippen LogP contribution in [0.15, 0.2) is 0 Å². The van der Waals surface area contributed by atoms with Crippen molar-refractivity contribution >= 4 is 16.3 Å². The number of nitrogens with two attached hydrogens (primary N) is 1. The molecule has 1 aliphatic rings. The smallest absolute Gasteiger partial charge is 0.261 e. The van der Waals surface area contributed by atoms with E-state index in [9.17, 15) is 0 Å². The molecular formula is C6H14AlNO. The van der Waals surface area contributed by atoms with Gasteiger partial charge in [0, 0.05) is 17.6 Å². The molecule has 1 saturated heterocycles. The molecule has 0 aromatic rings. The van der Waals surface area contributed by atoms with Gasteiger partial charge in [-0.1, -0.05) is 6.92 Å². The first-order valence-electron chi connectivity index (χ1n) is 3.57. The average Bonchev–Trinajstić information content (AvgIpc) is 1.80. The van der Waals surface area contributed by atoms with Crippen LogP contribution in [0.3, 0.4) is 0 Å². The number of ether oxygens (including phenoxy) is 1. The van der Waals surface area contributed by atoms with Crippen molar-refractivity contribution in [3.8, 4) is 0 Å². The minimum absolute atomic E-state index is 0.320. The van der Waals surface area contributed by atoms with Gasteiger partial charge in [-0.3, -0.25) is 0 Å². The van der Waals surface area contributed by atoms with E-state index in [2.05, 4.69) is 6.92 Å². The molecule has 0 bridgehead atoms. The van der Waals surface area contributed by atoms with E-state index >= 15 is 0 Å². The SMILES string of the molecule is CC1CO[C@H]([AlH2])[C@@H](N)C1. The van der Waals surface area contributed by atoms with Crippen molar-refractivity contribution in [1.29, 1.82) is 0 Å². The van der Waals surface area contributed by atoms with Crippen molar-refractivity contribution in [3.63, 3.8) is 0 Å². The van der Waals surface area contributed by atoms with Crippen molar-refractivity contribution in [2.75, 3.05) is 6.61 Å². The van der Waals surface area contributed by atoms with Gasteiger partial charge in [0.15, 0.2) is 0 Å². The molecule has 0 amide bonds. The van der Waals surface area contributed by atoms with Crippen LogP contribution in [0.2, 0.25) is 0 Å². The van der Waals surface area contributed by atoms with E-state index in [4.69, 9.17) is 10.5 Å². The summed E-state index contributed by atoms with van der Waals surface area (Å²) in [6, 6.07) is 0.320. The molecule has 2 nitrogen and oxygen atoms in total. The van der Waals surface area contributed by atoms with Crippen LogP contribution in [0.25, 0.3) is 0 Å². The molecule has 1 fully saturated rings. The second-order valence-electron chi connectivity index (χ2n) is 3.04. The van der Waals surface area contributed by atoms with E-state index in [-0.39, 0.29) is 0 Å². The minimum Gasteiger partial charge on any atom is -0.392 e. The molecule has 1 heterocycles. The van der Waals surface area contributed by atoms with Gasteiger partial charge in [-0.25, -0.2) is 0 Å². The Bertz CT molecular complexity index is 99.1. The third kappa shape index (κ3) is 1.94. The summed E-state index contributed by atoms with van der Waals surface area (Å²) in [5, 5.41) is 0. The fourth-order valence-electron chi connectivity index (χ4n) is 1.16. The lowest BCUT2D eigenvalue weighted by Crippen LogP contribution is -2.43. The first-order valence-corrected chi connectivity index (χ1v) is 4.73. The molecule has 3 atom stereocenters. The molecule has 0 radical (unpaired) electrons. The van der Waals surface area contributed by atoms with Crippen LogP contribution < -0.4 is 5.73 Å². The van der Waals surface area contributed by atoms with Crippen molar-refractivity contribution < 1.29 is 4.74 Å². The molecule has 0 spiro atoms. The lowest BCUT2D eigenvalue weighted by Gasteiger charge is -2.30. The fraction of sp³-hybridized carbons (Fsp3) is 1.00. The Morgan fingerprint density at radius 3 is 2.78 bits per heavy atom. The van der Waals surface area contributed by atoms with Gasteiger partial charge in [0.1, 0.15) is 0 Å². The third-order valence-electron chi connectivity index (χ3n) is 1.92. The summed E-state index contributed by atoms with van der Waals surface area (Å²) in [4.78, 5) is 0.404. The molecule has 9 heavy (non-hydrogen) atoms. The minimum atomic E-state index is 0.320. The average molecular weight is 143 g/mol. The largest absolute Gasteiger partial charge is 0.392 e. The summed E-state index contributed by atoms with van der Waals surface area (Å²) in [5.41, 5.74) is 5.78. The Morgan fingerprint density at radius 2 is 2.33 bits per heavy atom. The van der Waals surface area contributed by atoms with Crippen LogP contribution in [0.5, 0.6) is 0 Å². The van der Waals surface area contributed by atoms with Crippen LogP contribution in [-0.2, 0) is 4.74 Å².